The SMILES string of the molecule is CCCCCCCCCCCCCCCCCCCCC/C=C/CCC(N)=O. The fourth-order valence-corrected chi connectivity index (χ4v) is 3.80. The van der Waals surface area contributed by atoms with Crippen LogP contribution in [0.1, 0.15) is 148 Å². The number of nitrogens with two attached hydrogens (primary N) is 1. The Morgan fingerprint density at radius 3 is 1.21 bits per heavy atom. The molecular formula is C26H51NO. The quantitative estimate of drug-likeness (QED) is 0.137. The van der Waals surface area contributed by atoms with Gasteiger partial charge in [0.2, 0.25) is 5.91 Å². The van der Waals surface area contributed by atoms with Crippen LogP contribution >= 0.6 is 0 Å². The molecule has 0 atom stereocenters. The third-order valence-corrected chi connectivity index (χ3v) is 5.70. The van der Waals surface area contributed by atoms with Gasteiger partial charge in [0.1, 0.15) is 0 Å². The van der Waals surface area contributed by atoms with Gasteiger partial charge in [-0.15, -0.1) is 0 Å². The zero-order valence-electron chi connectivity index (χ0n) is 19.2. The summed E-state index contributed by atoms with van der Waals surface area (Å²) in [5.74, 6) is -0.201. The molecule has 0 fully saturated rings. The van der Waals surface area contributed by atoms with E-state index in [4.69, 9.17) is 5.73 Å². The number of rotatable bonds is 23. The number of carbonyl (C=O) groups is 1. The first-order valence-corrected chi connectivity index (χ1v) is 12.7. The molecule has 0 bridgehead atoms. The largest absolute Gasteiger partial charge is 0.370 e. The molecule has 2 heteroatoms. The van der Waals surface area contributed by atoms with Crippen molar-refractivity contribution in [3.05, 3.63) is 12.2 Å². The molecule has 0 unspecified atom stereocenters. The van der Waals surface area contributed by atoms with Crippen LogP contribution in [0.4, 0.5) is 0 Å². The molecule has 2 nitrogen and oxygen atoms in total. The van der Waals surface area contributed by atoms with Gasteiger partial charge in [-0.2, -0.15) is 0 Å². The van der Waals surface area contributed by atoms with E-state index in [9.17, 15) is 4.79 Å². The summed E-state index contributed by atoms with van der Waals surface area (Å²) in [5.41, 5.74) is 5.11. The minimum absolute atomic E-state index is 0.201. The summed E-state index contributed by atoms with van der Waals surface area (Å²) in [5, 5.41) is 0. The fourth-order valence-electron chi connectivity index (χ4n) is 3.80. The zero-order chi connectivity index (χ0) is 20.5. The van der Waals surface area contributed by atoms with Crippen LogP contribution in [-0.4, -0.2) is 5.91 Å². The fraction of sp³-hybridized carbons (Fsp3) is 0.885. The topological polar surface area (TPSA) is 43.1 Å². The Balaban J connectivity index is 3.04. The van der Waals surface area contributed by atoms with Crippen molar-refractivity contribution in [3.8, 4) is 0 Å². The van der Waals surface area contributed by atoms with Gasteiger partial charge in [0.05, 0.1) is 0 Å². The average molecular weight is 394 g/mol. The van der Waals surface area contributed by atoms with Crippen LogP contribution in [0.3, 0.4) is 0 Å². The van der Waals surface area contributed by atoms with Crippen molar-refractivity contribution < 1.29 is 4.79 Å². The number of unbranched alkanes of at least 4 members (excludes halogenated alkanes) is 19. The number of primary amides is 1. The lowest BCUT2D eigenvalue weighted by molar-refractivity contribution is -0.117. The molecule has 0 aliphatic heterocycles. The molecule has 0 spiro atoms. The van der Waals surface area contributed by atoms with Crippen LogP contribution in [0.2, 0.25) is 0 Å². The van der Waals surface area contributed by atoms with Crippen molar-refractivity contribution in [1.82, 2.24) is 0 Å². The Kier molecular flexibility index (Phi) is 23.6. The van der Waals surface area contributed by atoms with Crippen molar-refractivity contribution >= 4 is 5.91 Å². The molecule has 0 rings (SSSR count). The summed E-state index contributed by atoms with van der Waals surface area (Å²) in [6.07, 6.45) is 33.9. The zero-order valence-corrected chi connectivity index (χ0v) is 19.2. The second-order valence-electron chi connectivity index (χ2n) is 8.63. The van der Waals surface area contributed by atoms with Gasteiger partial charge >= 0.3 is 0 Å². The number of hydrogen-bond donors (Lipinski definition) is 1. The number of allylic oxidation sites excluding steroid dienone is 2. The van der Waals surface area contributed by atoms with E-state index >= 15 is 0 Å². The highest BCUT2D eigenvalue weighted by Crippen LogP contribution is 2.14. The van der Waals surface area contributed by atoms with E-state index in [-0.39, 0.29) is 5.91 Å². The van der Waals surface area contributed by atoms with Gasteiger partial charge in [0.15, 0.2) is 0 Å². The van der Waals surface area contributed by atoms with E-state index in [1.54, 1.807) is 0 Å². The van der Waals surface area contributed by atoms with Crippen LogP contribution in [-0.2, 0) is 4.79 Å². The summed E-state index contributed by atoms with van der Waals surface area (Å²) in [6, 6.07) is 0. The van der Waals surface area contributed by atoms with Gasteiger partial charge in [0, 0.05) is 6.42 Å². The summed E-state index contributed by atoms with van der Waals surface area (Å²) in [4.78, 5) is 10.6. The predicted octanol–water partition coefficient (Wildman–Crippen LogP) is 8.63. The first-order chi connectivity index (χ1) is 13.8. The highest BCUT2D eigenvalue weighted by molar-refractivity contribution is 5.73. The normalized spacial score (nSPS) is 11.5. The van der Waals surface area contributed by atoms with Crippen LogP contribution < -0.4 is 5.73 Å². The van der Waals surface area contributed by atoms with Gasteiger partial charge in [-0.25, -0.2) is 0 Å². The molecule has 0 aromatic rings. The molecular weight excluding hydrogens is 342 g/mol. The lowest BCUT2D eigenvalue weighted by Gasteiger charge is -2.03. The molecule has 2 N–H and O–H groups in total. The molecule has 0 saturated carbocycles. The van der Waals surface area contributed by atoms with Crippen LogP contribution in [0.15, 0.2) is 12.2 Å². The van der Waals surface area contributed by atoms with Crippen molar-refractivity contribution in [1.29, 1.82) is 0 Å². The summed E-state index contributed by atoms with van der Waals surface area (Å²) in [6.45, 7) is 2.29. The minimum Gasteiger partial charge on any atom is -0.370 e. The Morgan fingerprint density at radius 2 is 0.857 bits per heavy atom. The first kappa shape index (κ1) is 27.2. The molecule has 0 radical (unpaired) electrons. The van der Waals surface area contributed by atoms with Gasteiger partial charge in [-0.1, -0.05) is 135 Å². The molecule has 0 aromatic heterocycles. The lowest BCUT2D eigenvalue weighted by atomic mass is 10.0. The van der Waals surface area contributed by atoms with E-state index in [2.05, 4.69) is 19.1 Å². The molecule has 1 amide bonds. The minimum atomic E-state index is -0.201. The maximum Gasteiger partial charge on any atom is 0.217 e. The van der Waals surface area contributed by atoms with Gasteiger partial charge in [0.25, 0.3) is 0 Å². The monoisotopic (exact) mass is 393 g/mol. The third-order valence-electron chi connectivity index (χ3n) is 5.70. The molecule has 166 valence electrons. The van der Waals surface area contributed by atoms with Crippen molar-refractivity contribution in [2.45, 2.75) is 148 Å². The van der Waals surface area contributed by atoms with E-state index in [1.165, 1.54) is 122 Å². The molecule has 0 aromatic carbocycles. The van der Waals surface area contributed by atoms with E-state index in [0.29, 0.717) is 6.42 Å². The van der Waals surface area contributed by atoms with Crippen LogP contribution in [0.5, 0.6) is 0 Å². The van der Waals surface area contributed by atoms with E-state index in [0.717, 1.165) is 12.8 Å². The molecule has 0 aliphatic rings. The Labute approximate surface area is 177 Å². The summed E-state index contributed by atoms with van der Waals surface area (Å²) < 4.78 is 0. The average Bonchev–Trinajstić information content (AvgIpc) is 2.68. The molecule has 0 aliphatic carbocycles. The first-order valence-electron chi connectivity index (χ1n) is 12.7. The van der Waals surface area contributed by atoms with Gasteiger partial charge in [-0.3, -0.25) is 4.79 Å². The number of carbonyl (C=O) groups excluding carboxylic acids is 1. The maximum atomic E-state index is 10.6. The third kappa shape index (κ3) is 25.2. The standard InChI is InChI=1S/C26H51NO/c1-2-3-4-5-6-7-8-9-10-11-12-13-14-15-16-17-18-19-20-21-22-23-24-25-26(27)28/h22-23H,2-21,24-25H2,1H3,(H2,27,28)/b23-22+. The second kappa shape index (κ2) is 24.2. The molecule has 0 heterocycles. The Hall–Kier alpha value is -0.790. The highest BCUT2D eigenvalue weighted by atomic mass is 16.1. The van der Waals surface area contributed by atoms with Crippen LogP contribution in [0, 0.1) is 0 Å². The molecule has 0 saturated heterocycles. The van der Waals surface area contributed by atoms with Crippen molar-refractivity contribution in [3.63, 3.8) is 0 Å². The molecule has 28 heavy (non-hydrogen) atoms. The summed E-state index contributed by atoms with van der Waals surface area (Å²) >= 11 is 0. The van der Waals surface area contributed by atoms with E-state index < -0.39 is 0 Å². The van der Waals surface area contributed by atoms with Crippen molar-refractivity contribution in [2.24, 2.45) is 5.73 Å². The predicted molar refractivity (Wildman–Crippen MR) is 126 cm³/mol. The Morgan fingerprint density at radius 1 is 0.536 bits per heavy atom. The number of amides is 1. The summed E-state index contributed by atoms with van der Waals surface area (Å²) in [7, 11) is 0. The van der Waals surface area contributed by atoms with Crippen LogP contribution in [0.25, 0.3) is 0 Å². The van der Waals surface area contributed by atoms with Gasteiger partial charge < -0.3 is 5.73 Å². The Bertz CT molecular complexity index is 337. The second-order valence-corrected chi connectivity index (χ2v) is 8.63. The lowest BCUT2D eigenvalue weighted by Crippen LogP contribution is -2.08. The highest BCUT2D eigenvalue weighted by Gasteiger charge is 1.95. The number of hydrogen-bond acceptors (Lipinski definition) is 1. The van der Waals surface area contributed by atoms with Gasteiger partial charge in [-0.05, 0) is 19.3 Å². The van der Waals surface area contributed by atoms with Crippen molar-refractivity contribution in [2.75, 3.05) is 0 Å². The maximum absolute atomic E-state index is 10.6. The smallest absolute Gasteiger partial charge is 0.217 e. The van der Waals surface area contributed by atoms with E-state index in [1.807, 2.05) is 0 Å².